The number of piperazine rings is 2. The number of fused-ring (bicyclic) bond motifs is 1. The van der Waals surface area contributed by atoms with E-state index in [9.17, 15) is 4.79 Å². The van der Waals surface area contributed by atoms with Gasteiger partial charge in [0.2, 0.25) is 0 Å². The summed E-state index contributed by atoms with van der Waals surface area (Å²) in [6.07, 6.45) is 1.64. The molecule has 0 spiro atoms. The number of hydrogen-bond donors (Lipinski definition) is 0. The third-order valence-electron chi connectivity index (χ3n) is 7.29. The Kier molecular flexibility index (Phi) is 6.19. The number of rotatable bonds is 4. The van der Waals surface area contributed by atoms with Crippen molar-refractivity contribution in [2.24, 2.45) is 0 Å². The molecule has 4 aromatic rings. The Morgan fingerprint density at radius 1 is 0.722 bits per heavy atom. The molecule has 2 aliphatic rings. The predicted molar refractivity (Wildman–Crippen MR) is 148 cm³/mol. The van der Waals surface area contributed by atoms with Gasteiger partial charge in [0.15, 0.2) is 0 Å². The van der Waals surface area contributed by atoms with E-state index in [1.54, 1.807) is 6.33 Å². The van der Waals surface area contributed by atoms with Gasteiger partial charge in [-0.2, -0.15) is 0 Å². The molecule has 0 aliphatic carbocycles. The third kappa shape index (κ3) is 4.26. The lowest BCUT2D eigenvalue weighted by atomic mass is 10.1. The Bertz CT molecular complexity index is 1340. The molecule has 2 aromatic heterocycles. The highest BCUT2D eigenvalue weighted by molar-refractivity contribution is 7.20. The molecule has 0 radical (unpaired) electrons. The molecule has 6 rings (SSSR count). The van der Waals surface area contributed by atoms with Crippen molar-refractivity contribution in [3.8, 4) is 0 Å². The van der Waals surface area contributed by atoms with Gasteiger partial charge in [0.1, 0.15) is 17.0 Å². The summed E-state index contributed by atoms with van der Waals surface area (Å²) in [6.45, 7) is 8.85. The zero-order valence-electron chi connectivity index (χ0n) is 20.5. The van der Waals surface area contributed by atoms with Crippen LogP contribution in [0.3, 0.4) is 0 Å². The molecule has 2 fully saturated rings. The summed E-state index contributed by atoms with van der Waals surface area (Å²) in [6, 6.07) is 21.0. The number of thiophene rings is 1. The maximum Gasteiger partial charge on any atom is 0.264 e. The van der Waals surface area contributed by atoms with Crippen LogP contribution in [-0.4, -0.2) is 73.1 Å². The molecule has 2 aliphatic heterocycles. The van der Waals surface area contributed by atoms with Gasteiger partial charge in [-0.25, -0.2) is 9.97 Å². The van der Waals surface area contributed by atoms with Gasteiger partial charge in [-0.15, -0.1) is 11.3 Å². The largest absolute Gasteiger partial charge is 0.368 e. The van der Waals surface area contributed by atoms with E-state index in [-0.39, 0.29) is 5.91 Å². The van der Waals surface area contributed by atoms with Gasteiger partial charge >= 0.3 is 0 Å². The van der Waals surface area contributed by atoms with Crippen molar-refractivity contribution in [1.29, 1.82) is 0 Å². The highest BCUT2D eigenvalue weighted by Crippen LogP contribution is 2.36. The second-order valence-corrected chi connectivity index (χ2v) is 10.4. The number of carbonyl (C=O) groups is 1. The van der Waals surface area contributed by atoms with E-state index in [1.165, 1.54) is 22.7 Å². The molecule has 0 bridgehead atoms. The molecule has 1 amide bonds. The van der Waals surface area contributed by atoms with Crippen molar-refractivity contribution in [3.63, 3.8) is 0 Å². The highest BCUT2D eigenvalue weighted by atomic mass is 32.1. The third-order valence-corrected chi connectivity index (χ3v) is 8.48. The van der Waals surface area contributed by atoms with Crippen molar-refractivity contribution < 1.29 is 4.79 Å². The molecule has 7 nitrogen and oxygen atoms in total. The van der Waals surface area contributed by atoms with E-state index >= 15 is 0 Å². The summed E-state index contributed by atoms with van der Waals surface area (Å²) in [5, 5.41) is 1.03. The van der Waals surface area contributed by atoms with Crippen LogP contribution in [-0.2, 0) is 0 Å². The number of aryl methyl sites for hydroxylation is 1. The van der Waals surface area contributed by atoms with Crippen molar-refractivity contribution in [2.45, 2.75) is 6.92 Å². The average Bonchev–Trinajstić information content (AvgIpc) is 3.30. The van der Waals surface area contributed by atoms with Crippen LogP contribution in [0.1, 0.15) is 15.2 Å². The Labute approximate surface area is 215 Å². The van der Waals surface area contributed by atoms with Crippen LogP contribution in [0.4, 0.5) is 17.2 Å². The van der Waals surface area contributed by atoms with Crippen LogP contribution in [0.5, 0.6) is 0 Å². The van der Waals surface area contributed by atoms with E-state index in [1.807, 2.05) is 11.0 Å². The number of nitrogens with zero attached hydrogens (tertiary/aromatic N) is 6. The monoisotopic (exact) mass is 498 g/mol. The van der Waals surface area contributed by atoms with Crippen LogP contribution in [0.2, 0.25) is 0 Å². The van der Waals surface area contributed by atoms with Gasteiger partial charge in [0.25, 0.3) is 5.91 Å². The maximum atomic E-state index is 13.6. The van der Waals surface area contributed by atoms with Gasteiger partial charge in [0, 0.05) is 63.7 Å². The van der Waals surface area contributed by atoms with Crippen molar-refractivity contribution in [1.82, 2.24) is 14.9 Å². The first-order valence-electron chi connectivity index (χ1n) is 12.6. The first-order chi connectivity index (χ1) is 17.7. The van der Waals surface area contributed by atoms with E-state index in [4.69, 9.17) is 0 Å². The topological polar surface area (TPSA) is 55.8 Å². The Morgan fingerprint density at radius 3 is 1.83 bits per heavy atom. The Balaban J connectivity index is 1.19. The zero-order valence-corrected chi connectivity index (χ0v) is 21.3. The summed E-state index contributed by atoms with van der Waals surface area (Å²) in [5.41, 5.74) is 3.48. The van der Waals surface area contributed by atoms with Gasteiger partial charge < -0.3 is 19.6 Å². The Morgan fingerprint density at radius 2 is 1.25 bits per heavy atom. The molecule has 4 heterocycles. The molecule has 0 saturated carbocycles. The minimum atomic E-state index is 0.114. The smallest absolute Gasteiger partial charge is 0.264 e. The number of aromatic nitrogens is 2. The van der Waals surface area contributed by atoms with Crippen LogP contribution in [0.25, 0.3) is 10.2 Å². The van der Waals surface area contributed by atoms with Crippen LogP contribution in [0, 0.1) is 6.92 Å². The normalized spacial score (nSPS) is 16.6. The summed E-state index contributed by atoms with van der Waals surface area (Å²) >= 11 is 1.51. The second kappa shape index (κ2) is 9.78. The van der Waals surface area contributed by atoms with Crippen LogP contribution >= 0.6 is 11.3 Å². The van der Waals surface area contributed by atoms with E-state index in [2.05, 4.69) is 86.2 Å². The fraction of sp³-hybridized carbons (Fsp3) is 0.321. The van der Waals surface area contributed by atoms with Crippen molar-refractivity contribution >= 4 is 44.7 Å². The lowest BCUT2D eigenvalue weighted by Gasteiger charge is -2.37. The number of hydrogen-bond acceptors (Lipinski definition) is 7. The molecular weight excluding hydrogens is 468 g/mol. The molecule has 0 atom stereocenters. The van der Waals surface area contributed by atoms with Gasteiger partial charge in [-0.1, -0.05) is 36.4 Å². The first kappa shape index (κ1) is 22.8. The SMILES string of the molecule is Cc1c(C(=O)N2CCN(c3ccccc3)CC2)sc2ncnc(N3CCN(c4ccccc4)CC3)c12. The molecule has 36 heavy (non-hydrogen) atoms. The molecule has 0 unspecified atom stereocenters. The van der Waals surface area contributed by atoms with Gasteiger partial charge in [0.05, 0.1) is 10.3 Å². The highest BCUT2D eigenvalue weighted by Gasteiger charge is 2.28. The number of anilines is 3. The fourth-order valence-electron chi connectivity index (χ4n) is 5.26. The second-order valence-electron chi connectivity index (χ2n) is 9.36. The Hall–Kier alpha value is -3.65. The standard InChI is InChI=1S/C28H30N6OS/c1-21-24-26(33-16-12-31(13-17-33)22-8-4-2-5-9-22)29-20-30-27(24)36-25(21)28(35)34-18-14-32(15-19-34)23-10-6-3-7-11-23/h2-11,20H,12-19H2,1H3. The van der Waals surface area contributed by atoms with Crippen molar-refractivity contribution in [3.05, 3.63) is 77.4 Å². The minimum absolute atomic E-state index is 0.114. The summed E-state index contributed by atoms with van der Waals surface area (Å²) in [4.78, 5) is 33.6. The first-order valence-corrected chi connectivity index (χ1v) is 13.4. The maximum absolute atomic E-state index is 13.6. The predicted octanol–water partition coefficient (Wildman–Crippen LogP) is 4.29. The molecule has 184 valence electrons. The minimum Gasteiger partial charge on any atom is -0.368 e. The molecule has 0 N–H and O–H groups in total. The number of para-hydroxylation sites is 2. The molecule has 2 aromatic carbocycles. The summed E-state index contributed by atoms with van der Waals surface area (Å²) < 4.78 is 0. The number of amides is 1. The van der Waals surface area contributed by atoms with E-state index in [0.29, 0.717) is 0 Å². The summed E-state index contributed by atoms with van der Waals surface area (Å²) in [7, 11) is 0. The van der Waals surface area contributed by atoms with E-state index < -0.39 is 0 Å². The van der Waals surface area contributed by atoms with Crippen LogP contribution in [0.15, 0.2) is 67.0 Å². The summed E-state index contributed by atoms with van der Waals surface area (Å²) in [5.74, 6) is 1.07. The fourth-order valence-corrected chi connectivity index (χ4v) is 6.37. The van der Waals surface area contributed by atoms with Crippen molar-refractivity contribution in [2.75, 3.05) is 67.1 Å². The number of benzene rings is 2. The lowest BCUT2D eigenvalue weighted by Crippen LogP contribution is -2.48. The van der Waals surface area contributed by atoms with Crippen LogP contribution < -0.4 is 14.7 Å². The quantitative estimate of drug-likeness (QED) is 0.419. The lowest BCUT2D eigenvalue weighted by molar-refractivity contribution is 0.0751. The molecule has 2 saturated heterocycles. The average molecular weight is 499 g/mol. The molecular formula is C28H30N6OS. The van der Waals surface area contributed by atoms with Gasteiger partial charge in [-0.3, -0.25) is 4.79 Å². The molecule has 8 heteroatoms. The van der Waals surface area contributed by atoms with E-state index in [0.717, 1.165) is 78.8 Å². The van der Waals surface area contributed by atoms with Gasteiger partial charge in [-0.05, 0) is 36.8 Å². The zero-order chi connectivity index (χ0) is 24.5. The number of carbonyl (C=O) groups excluding carboxylic acids is 1.